The first-order valence-electron chi connectivity index (χ1n) is 8.24. The molecule has 6 heteroatoms. The molecule has 0 spiro atoms. The molecule has 0 radical (unpaired) electrons. The average Bonchev–Trinajstić information content (AvgIpc) is 3.15. The summed E-state index contributed by atoms with van der Waals surface area (Å²) in [5, 5.41) is 4.09. The number of nitrogens with zero attached hydrogens (tertiary/aromatic N) is 3. The molecule has 128 valence electrons. The molecule has 6 nitrogen and oxygen atoms in total. The second-order valence-corrected chi connectivity index (χ2v) is 7.16. The first kappa shape index (κ1) is 16.5. The standard InChI is InChI=1S/C18H23N3O3/c1-12-7-9-13(10-8-12)16-19-15(20-24-16)14-6-5-11-21(14)17(22)23-18(2,3)4/h7-10,14H,5-6,11H2,1-4H3/t14-/m0/s1. The summed E-state index contributed by atoms with van der Waals surface area (Å²) in [6.45, 7) is 8.26. The van der Waals surface area contributed by atoms with Crippen molar-refractivity contribution in [2.24, 2.45) is 0 Å². The predicted octanol–water partition coefficient (Wildman–Crippen LogP) is 4.12. The number of carbonyl (C=O) groups excluding carboxylic acids is 1. The Kier molecular flexibility index (Phi) is 4.30. The van der Waals surface area contributed by atoms with Gasteiger partial charge in [0.2, 0.25) is 0 Å². The van der Waals surface area contributed by atoms with Crippen molar-refractivity contribution >= 4 is 6.09 Å². The van der Waals surface area contributed by atoms with Gasteiger partial charge in [-0.05, 0) is 52.7 Å². The van der Waals surface area contributed by atoms with Crippen molar-refractivity contribution in [2.75, 3.05) is 6.54 Å². The van der Waals surface area contributed by atoms with Crippen LogP contribution in [-0.2, 0) is 4.74 Å². The average molecular weight is 329 g/mol. The van der Waals surface area contributed by atoms with Crippen molar-refractivity contribution in [2.45, 2.75) is 52.2 Å². The Morgan fingerprint density at radius 2 is 2.00 bits per heavy atom. The molecular formula is C18H23N3O3. The van der Waals surface area contributed by atoms with Gasteiger partial charge in [-0.2, -0.15) is 4.98 Å². The second-order valence-electron chi connectivity index (χ2n) is 7.16. The minimum atomic E-state index is -0.519. The van der Waals surface area contributed by atoms with Crippen LogP contribution in [0, 0.1) is 6.92 Å². The van der Waals surface area contributed by atoms with Crippen molar-refractivity contribution in [3.05, 3.63) is 35.7 Å². The van der Waals surface area contributed by atoms with Gasteiger partial charge in [-0.25, -0.2) is 4.79 Å². The third kappa shape index (κ3) is 3.58. The molecule has 0 bridgehead atoms. The van der Waals surface area contributed by atoms with Gasteiger partial charge >= 0.3 is 6.09 Å². The number of rotatable bonds is 2. The van der Waals surface area contributed by atoms with Crippen LogP contribution in [0.3, 0.4) is 0 Å². The molecule has 2 aromatic rings. The monoisotopic (exact) mass is 329 g/mol. The van der Waals surface area contributed by atoms with E-state index in [1.54, 1.807) is 4.90 Å². The van der Waals surface area contributed by atoms with Crippen LogP contribution in [0.15, 0.2) is 28.8 Å². The lowest BCUT2D eigenvalue weighted by Gasteiger charge is -2.27. The summed E-state index contributed by atoms with van der Waals surface area (Å²) < 4.78 is 10.9. The lowest BCUT2D eigenvalue weighted by Crippen LogP contribution is -2.36. The fourth-order valence-electron chi connectivity index (χ4n) is 2.76. The highest BCUT2D eigenvalue weighted by molar-refractivity contribution is 5.69. The van der Waals surface area contributed by atoms with Gasteiger partial charge in [-0.3, -0.25) is 4.90 Å². The Morgan fingerprint density at radius 1 is 1.29 bits per heavy atom. The number of benzene rings is 1. The number of hydrogen-bond donors (Lipinski definition) is 0. The topological polar surface area (TPSA) is 68.5 Å². The fourth-order valence-corrected chi connectivity index (χ4v) is 2.76. The molecule has 1 fully saturated rings. The Labute approximate surface area is 141 Å². The van der Waals surface area contributed by atoms with E-state index in [-0.39, 0.29) is 12.1 Å². The molecule has 1 aromatic carbocycles. The molecule has 0 N–H and O–H groups in total. The van der Waals surface area contributed by atoms with Gasteiger partial charge in [-0.15, -0.1) is 0 Å². The molecule has 0 saturated carbocycles. The molecule has 2 heterocycles. The van der Waals surface area contributed by atoms with Crippen molar-refractivity contribution < 1.29 is 14.1 Å². The maximum absolute atomic E-state index is 12.4. The maximum atomic E-state index is 12.4. The van der Waals surface area contributed by atoms with E-state index in [4.69, 9.17) is 9.26 Å². The predicted molar refractivity (Wildman–Crippen MR) is 89.4 cm³/mol. The Bertz CT molecular complexity index is 716. The number of aromatic nitrogens is 2. The minimum absolute atomic E-state index is 0.192. The molecule has 24 heavy (non-hydrogen) atoms. The molecule has 1 aliphatic heterocycles. The fraction of sp³-hybridized carbons (Fsp3) is 0.500. The lowest BCUT2D eigenvalue weighted by atomic mass is 10.1. The van der Waals surface area contributed by atoms with Crippen LogP contribution in [0.2, 0.25) is 0 Å². The zero-order valence-electron chi connectivity index (χ0n) is 14.6. The Balaban J connectivity index is 1.78. The van der Waals surface area contributed by atoms with E-state index >= 15 is 0 Å². The number of hydrogen-bond acceptors (Lipinski definition) is 5. The van der Waals surface area contributed by atoms with E-state index < -0.39 is 5.60 Å². The van der Waals surface area contributed by atoms with Crippen LogP contribution >= 0.6 is 0 Å². The molecule has 1 saturated heterocycles. The van der Waals surface area contributed by atoms with Gasteiger partial charge in [0.25, 0.3) is 5.89 Å². The third-order valence-electron chi connectivity index (χ3n) is 3.92. The van der Waals surface area contributed by atoms with Crippen molar-refractivity contribution in [1.29, 1.82) is 0 Å². The van der Waals surface area contributed by atoms with Crippen molar-refractivity contribution in [3.63, 3.8) is 0 Å². The minimum Gasteiger partial charge on any atom is -0.444 e. The highest BCUT2D eigenvalue weighted by Crippen LogP contribution is 2.32. The first-order valence-corrected chi connectivity index (χ1v) is 8.24. The molecule has 1 atom stereocenters. The van der Waals surface area contributed by atoms with Crippen molar-refractivity contribution in [3.8, 4) is 11.5 Å². The SMILES string of the molecule is Cc1ccc(-c2nc([C@@H]3CCCN3C(=O)OC(C)(C)C)no2)cc1. The summed E-state index contributed by atoms with van der Waals surface area (Å²) in [6.07, 6.45) is 1.39. The van der Waals surface area contributed by atoms with Crippen LogP contribution in [-0.4, -0.2) is 33.3 Å². The van der Waals surface area contributed by atoms with Crippen LogP contribution < -0.4 is 0 Å². The van der Waals surface area contributed by atoms with Gasteiger partial charge in [-0.1, -0.05) is 22.9 Å². The normalized spacial score (nSPS) is 18.0. The highest BCUT2D eigenvalue weighted by atomic mass is 16.6. The summed E-state index contributed by atoms with van der Waals surface area (Å²) in [4.78, 5) is 18.6. The Morgan fingerprint density at radius 3 is 2.67 bits per heavy atom. The maximum Gasteiger partial charge on any atom is 0.410 e. The number of likely N-dealkylation sites (tertiary alicyclic amines) is 1. The van der Waals surface area contributed by atoms with Crippen LogP contribution in [0.1, 0.15) is 51.0 Å². The van der Waals surface area contributed by atoms with Gasteiger partial charge < -0.3 is 9.26 Å². The summed E-state index contributed by atoms with van der Waals surface area (Å²) in [7, 11) is 0. The van der Waals surface area contributed by atoms with Crippen LogP contribution in [0.4, 0.5) is 4.79 Å². The van der Waals surface area contributed by atoms with E-state index in [0.717, 1.165) is 18.4 Å². The molecule has 1 aromatic heterocycles. The van der Waals surface area contributed by atoms with E-state index in [1.807, 2.05) is 52.0 Å². The first-order chi connectivity index (χ1) is 11.3. The quantitative estimate of drug-likeness (QED) is 0.829. The molecule has 1 amide bonds. The molecule has 0 aliphatic carbocycles. The van der Waals surface area contributed by atoms with Gasteiger partial charge in [0.05, 0.1) is 6.04 Å². The zero-order chi connectivity index (χ0) is 17.3. The molecule has 0 unspecified atom stereocenters. The zero-order valence-corrected chi connectivity index (χ0v) is 14.6. The van der Waals surface area contributed by atoms with Gasteiger partial charge in [0.1, 0.15) is 5.60 Å². The van der Waals surface area contributed by atoms with Crippen molar-refractivity contribution in [1.82, 2.24) is 15.0 Å². The summed E-state index contributed by atoms with van der Waals surface area (Å²) in [5.74, 6) is 1.01. The van der Waals surface area contributed by atoms with Gasteiger partial charge in [0.15, 0.2) is 5.82 Å². The number of ether oxygens (including phenoxy) is 1. The van der Waals surface area contributed by atoms with E-state index in [0.29, 0.717) is 18.3 Å². The molecular weight excluding hydrogens is 306 g/mol. The number of aryl methyl sites for hydroxylation is 1. The smallest absolute Gasteiger partial charge is 0.410 e. The molecule has 1 aliphatic rings. The number of amides is 1. The summed E-state index contributed by atoms with van der Waals surface area (Å²) >= 11 is 0. The van der Waals surface area contributed by atoms with Crippen LogP contribution in [0.25, 0.3) is 11.5 Å². The van der Waals surface area contributed by atoms with Gasteiger partial charge in [0, 0.05) is 12.1 Å². The third-order valence-corrected chi connectivity index (χ3v) is 3.92. The number of carbonyl (C=O) groups is 1. The summed E-state index contributed by atoms with van der Waals surface area (Å²) in [5.41, 5.74) is 1.53. The Hall–Kier alpha value is -2.37. The van der Waals surface area contributed by atoms with Crippen LogP contribution in [0.5, 0.6) is 0 Å². The second kappa shape index (κ2) is 6.26. The summed E-state index contributed by atoms with van der Waals surface area (Å²) in [6, 6.07) is 7.71. The van der Waals surface area contributed by atoms with E-state index in [2.05, 4.69) is 10.1 Å². The largest absolute Gasteiger partial charge is 0.444 e. The van der Waals surface area contributed by atoms with E-state index in [1.165, 1.54) is 5.56 Å². The van der Waals surface area contributed by atoms with E-state index in [9.17, 15) is 4.79 Å². The molecule has 3 rings (SSSR count). The highest BCUT2D eigenvalue weighted by Gasteiger charge is 2.36. The lowest BCUT2D eigenvalue weighted by molar-refractivity contribution is 0.0217.